The predicted octanol–water partition coefficient (Wildman–Crippen LogP) is 5.49. The Morgan fingerprint density at radius 2 is 1.60 bits per heavy atom. The van der Waals surface area contributed by atoms with Crippen LogP contribution >= 0.6 is 11.3 Å². The van der Waals surface area contributed by atoms with Gasteiger partial charge >= 0.3 is 0 Å². The van der Waals surface area contributed by atoms with E-state index in [9.17, 15) is 23.9 Å². The maximum atomic E-state index is 14.4. The summed E-state index contributed by atoms with van der Waals surface area (Å²) in [6.45, 7) is 7.97. The number of nitrogens with zero attached hydrogens (tertiary/aromatic N) is 4. The number of halogens is 1. The van der Waals surface area contributed by atoms with Crippen LogP contribution in [0.25, 0.3) is 11.1 Å². The molecule has 0 aliphatic carbocycles. The zero-order chi connectivity index (χ0) is 37.2. The molecule has 2 aliphatic rings. The number of hydrogen-bond donors (Lipinski definition) is 2. The first kappa shape index (κ1) is 37.9. The van der Waals surface area contributed by atoms with Crippen molar-refractivity contribution in [3.05, 3.63) is 94.7 Å². The third kappa shape index (κ3) is 9.57. The van der Waals surface area contributed by atoms with Gasteiger partial charge in [0.15, 0.2) is 5.13 Å². The van der Waals surface area contributed by atoms with Gasteiger partial charge in [-0.2, -0.15) is 0 Å². The van der Waals surface area contributed by atoms with Gasteiger partial charge < -0.3 is 34.0 Å². The van der Waals surface area contributed by atoms with Crippen molar-refractivity contribution >= 4 is 39.9 Å². The Bertz CT molecular complexity index is 1850. The number of benzene rings is 3. The van der Waals surface area contributed by atoms with Crippen molar-refractivity contribution in [1.29, 1.82) is 0 Å². The zero-order valence-corrected chi connectivity index (χ0v) is 30.5. The van der Waals surface area contributed by atoms with Gasteiger partial charge in [-0.3, -0.25) is 19.7 Å². The Morgan fingerprint density at radius 1 is 0.906 bits per heavy atom. The lowest BCUT2D eigenvalue weighted by molar-refractivity contribution is -0.132. The number of thiazole rings is 1. The molecule has 1 atom stereocenters. The highest BCUT2D eigenvalue weighted by Gasteiger charge is 2.39. The van der Waals surface area contributed by atoms with Crippen LogP contribution in [0.2, 0.25) is 0 Å². The van der Waals surface area contributed by atoms with Gasteiger partial charge in [0, 0.05) is 67.7 Å². The van der Waals surface area contributed by atoms with Gasteiger partial charge in [-0.25, -0.2) is 9.37 Å². The van der Waals surface area contributed by atoms with Crippen LogP contribution in [-0.2, 0) is 30.3 Å². The molecule has 2 N–H and O–H groups in total. The highest BCUT2D eigenvalue weighted by atomic mass is 32.1. The molecule has 1 aromatic heterocycles. The Hall–Kier alpha value is -4.89. The van der Waals surface area contributed by atoms with E-state index in [4.69, 9.17) is 14.2 Å². The Balaban J connectivity index is 1.02. The molecular weight excluding hydrogens is 702 g/mol. The molecule has 280 valence electrons. The summed E-state index contributed by atoms with van der Waals surface area (Å²) >= 11 is 1.21. The maximum absolute atomic E-state index is 14.4. The third-order valence-electron chi connectivity index (χ3n) is 9.20. The third-order valence-corrected chi connectivity index (χ3v) is 9.89. The molecule has 0 saturated carbocycles. The van der Waals surface area contributed by atoms with Crippen LogP contribution in [0.15, 0.2) is 72.2 Å². The highest BCUT2D eigenvalue weighted by Crippen LogP contribution is 2.38. The summed E-state index contributed by atoms with van der Waals surface area (Å²) in [5, 5.41) is 15.4. The Morgan fingerprint density at radius 3 is 2.30 bits per heavy atom. The van der Waals surface area contributed by atoms with E-state index in [1.807, 2.05) is 41.3 Å². The fraction of sp³-hybridized carbons (Fsp3) is 0.385. The van der Waals surface area contributed by atoms with E-state index < -0.39 is 23.7 Å². The van der Waals surface area contributed by atoms with Crippen LogP contribution in [0, 0.1) is 5.82 Å². The summed E-state index contributed by atoms with van der Waals surface area (Å²) in [6.07, 6.45) is 2.86. The number of anilines is 2. The molecule has 14 heteroatoms. The van der Waals surface area contributed by atoms with Gasteiger partial charge in [0.05, 0.1) is 39.5 Å². The number of ether oxygens (including phenoxy) is 3. The average Bonchev–Trinajstić information content (AvgIpc) is 3.81. The molecule has 12 nitrogen and oxygen atoms in total. The summed E-state index contributed by atoms with van der Waals surface area (Å²) in [4.78, 5) is 49.8. The summed E-state index contributed by atoms with van der Waals surface area (Å²) < 4.78 is 30.8. The number of phenols is 1. The summed E-state index contributed by atoms with van der Waals surface area (Å²) in [7, 11) is 0. The van der Waals surface area contributed by atoms with Gasteiger partial charge in [0.25, 0.3) is 11.8 Å². The number of phenolic OH excluding ortho intramolecular Hbond substituents is 1. The summed E-state index contributed by atoms with van der Waals surface area (Å²) in [5.74, 6) is -1.87. The molecule has 4 aromatic rings. The van der Waals surface area contributed by atoms with Gasteiger partial charge in [0.2, 0.25) is 5.91 Å². The molecule has 53 heavy (non-hydrogen) atoms. The van der Waals surface area contributed by atoms with E-state index in [1.54, 1.807) is 11.4 Å². The van der Waals surface area contributed by atoms with Crippen molar-refractivity contribution in [1.82, 2.24) is 14.8 Å². The van der Waals surface area contributed by atoms with Gasteiger partial charge in [-0.1, -0.05) is 31.2 Å². The van der Waals surface area contributed by atoms with Crippen LogP contribution in [-0.4, -0.2) is 103 Å². The summed E-state index contributed by atoms with van der Waals surface area (Å²) in [6, 6.07) is 15.7. The number of aromatic nitrogens is 1. The first-order valence-corrected chi connectivity index (χ1v) is 18.7. The second-order valence-corrected chi connectivity index (χ2v) is 13.6. The number of piperazine rings is 1. The van der Waals surface area contributed by atoms with Crippen molar-refractivity contribution < 1.29 is 38.1 Å². The monoisotopic (exact) mass is 745 g/mol. The van der Waals surface area contributed by atoms with Gasteiger partial charge in [-0.15, -0.1) is 11.3 Å². The quantitative estimate of drug-likeness (QED) is 0.135. The number of rotatable bonds is 17. The number of carbonyl (C=O) groups excluding carboxylic acids is 3. The van der Waals surface area contributed by atoms with E-state index in [0.29, 0.717) is 76.3 Å². The van der Waals surface area contributed by atoms with Crippen LogP contribution < -0.4 is 10.2 Å². The molecule has 1 saturated heterocycles. The fourth-order valence-electron chi connectivity index (χ4n) is 6.45. The first-order chi connectivity index (χ1) is 25.8. The SMILES string of the molecule is CCCOCCOCCOCCC(=O)N1CCN(c2ccc(-c3ccc4c(c3)C(=O)N(C(C(=O)Nc3nccs3)c3cc(F)ccc3O)C4)cc2)CC1. The molecule has 3 amide bonds. The minimum Gasteiger partial charge on any atom is -0.508 e. The van der Waals surface area contributed by atoms with Crippen molar-refractivity contribution in [3.63, 3.8) is 0 Å². The van der Waals surface area contributed by atoms with Crippen molar-refractivity contribution in [2.24, 2.45) is 0 Å². The van der Waals surface area contributed by atoms with E-state index >= 15 is 0 Å². The van der Waals surface area contributed by atoms with E-state index in [0.717, 1.165) is 47.5 Å². The minimum absolute atomic E-state index is 0.0172. The molecule has 0 spiro atoms. The molecule has 1 unspecified atom stereocenters. The molecule has 0 radical (unpaired) electrons. The lowest BCUT2D eigenvalue weighted by Crippen LogP contribution is -2.49. The summed E-state index contributed by atoms with van der Waals surface area (Å²) in [5.41, 5.74) is 3.91. The van der Waals surface area contributed by atoms with E-state index in [1.165, 1.54) is 28.5 Å². The van der Waals surface area contributed by atoms with Crippen LogP contribution in [0.3, 0.4) is 0 Å². The van der Waals surface area contributed by atoms with Crippen LogP contribution in [0.5, 0.6) is 5.75 Å². The lowest BCUT2D eigenvalue weighted by Gasteiger charge is -2.36. The van der Waals surface area contributed by atoms with Crippen molar-refractivity contribution in [2.45, 2.75) is 32.4 Å². The molecule has 3 heterocycles. The largest absolute Gasteiger partial charge is 0.508 e. The fourth-order valence-corrected chi connectivity index (χ4v) is 6.98. The average molecular weight is 746 g/mol. The Kier molecular flexibility index (Phi) is 13.0. The number of amides is 3. The number of nitrogens with one attached hydrogen (secondary N) is 1. The topological polar surface area (TPSA) is 134 Å². The number of fused-ring (bicyclic) bond motifs is 1. The first-order valence-electron chi connectivity index (χ1n) is 17.8. The lowest BCUT2D eigenvalue weighted by atomic mass is 10.00. The molecule has 0 bridgehead atoms. The molecule has 6 rings (SSSR count). The van der Waals surface area contributed by atoms with Gasteiger partial charge in [0.1, 0.15) is 17.6 Å². The number of aromatic hydroxyl groups is 1. The normalized spacial score (nSPS) is 14.8. The molecule has 3 aromatic carbocycles. The molecule has 2 aliphatic heterocycles. The smallest absolute Gasteiger partial charge is 0.255 e. The van der Waals surface area contributed by atoms with Gasteiger partial charge in [-0.05, 0) is 59.5 Å². The minimum atomic E-state index is -1.30. The van der Waals surface area contributed by atoms with E-state index in [2.05, 4.69) is 22.1 Å². The van der Waals surface area contributed by atoms with E-state index in [-0.39, 0.29) is 23.8 Å². The number of hydrogen-bond acceptors (Lipinski definition) is 10. The van der Waals surface area contributed by atoms with Crippen LogP contribution in [0.4, 0.5) is 15.2 Å². The second kappa shape index (κ2) is 18.2. The Labute approximate surface area is 312 Å². The second-order valence-electron chi connectivity index (χ2n) is 12.7. The molecule has 1 fully saturated rings. The predicted molar refractivity (Wildman–Crippen MR) is 199 cm³/mol. The highest BCUT2D eigenvalue weighted by molar-refractivity contribution is 7.13. The van der Waals surface area contributed by atoms with Crippen molar-refractivity contribution in [2.75, 3.05) is 76.0 Å². The standard InChI is InChI=1S/C39H44FN5O7S/c1-2-17-50-19-21-52-22-20-51-18-11-35(47)44-15-13-43(14-16-44)31-8-5-27(6-9-31)28-3-4-29-26-45(38(49)32(29)24-28)36(33-25-30(40)7-10-34(33)46)37(48)42-39-41-12-23-53-39/h3-10,12,23-25,36,46H,2,11,13-22,26H2,1H3,(H,41,42,48). The van der Waals surface area contributed by atoms with Crippen LogP contribution in [0.1, 0.15) is 47.3 Å². The van der Waals surface area contributed by atoms with Crippen molar-refractivity contribution in [3.8, 4) is 16.9 Å². The zero-order valence-electron chi connectivity index (χ0n) is 29.7. The molecular formula is C39H44FN5O7S. The maximum Gasteiger partial charge on any atom is 0.255 e. The number of carbonyl (C=O) groups is 3.